The van der Waals surface area contributed by atoms with Gasteiger partial charge in [0.05, 0.1) is 0 Å². The monoisotopic (exact) mass is 517 g/mol. The predicted molar refractivity (Wildman–Crippen MR) is 127 cm³/mol. The molecule has 0 aliphatic carbocycles. The summed E-state index contributed by atoms with van der Waals surface area (Å²) in [4.78, 5) is 17.9. The first kappa shape index (κ1) is 26.8. The predicted octanol–water partition coefficient (Wildman–Crippen LogP) is 5.55. The Morgan fingerprint density at radius 2 is 1.45 bits per heavy atom. The van der Waals surface area contributed by atoms with E-state index in [1.807, 2.05) is 14.1 Å². The molecule has 2 amide bonds. The average Bonchev–Trinajstić information content (AvgIpc) is 2.71. The van der Waals surface area contributed by atoms with Crippen LogP contribution in [0.15, 0.2) is 12.2 Å². The molecule has 0 saturated carbocycles. The Kier molecular flexibility index (Phi) is 13.6. The van der Waals surface area contributed by atoms with Gasteiger partial charge in [0, 0.05) is 0 Å². The van der Waals surface area contributed by atoms with E-state index in [1.165, 1.54) is 51.8 Å². The van der Waals surface area contributed by atoms with Gasteiger partial charge in [-0.1, -0.05) is 0 Å². The van der Waals surface area contributed by atoms with Crippen molar-refractivity contribution >= 4 is 24.4 Å². The first-order chi connectivity index (χ1) is 13.9. The molecule has 1 aliphatic heterocycles. The molecule has 1 saturated heterocycles. The van der Waals surface area contributed by atoms with Crippen molar-refractivity contribution in [3.05, 3.63) is 12.2 Å². The van der Waals surface area contributed by atoms with Crippen molar-refractivity contribution in [1.29, 1.82) is 0 Å². The molecule has 170 valence electrons. The summed E-state index contributed by atoms with van der Waals surface area (Å²) in [6.45, 7) is 11.3. The fourth-order valence-corrected chi connectivity index (χ4v) is 18.8. The van der Waals surface area contributed by atoms with Crippen LogP contribution in [0.3, 0.4) is 0 Å². The van der Waals surface area contributed by atoms with Crippen molar-refractivity contribution in [3.8, 4) is 0 Å². The molecule has 1 unspecified atom stereocenters. The Balaban J connectivity index is 2.79. The van der Waals surface area contributed by atoms with E-state index in [1.54, 1.807) is 9.80 Å². The van der Waals surface area contributed by atoms with E-state index in [0.29, 0.717) is 13.3 Å². The number of rotatable bonds is 15. The second kappa shape index (κ2) is 14.7. The second-order valence-corrected chi connectivity index (χ2v) is 22.7. The summed E-state index contributed by atoms with van der Waals surface area (Å²) >= 11 is -2.28. The Bertz CT molecular complexity index is 451. The van der Waals surface area contributed by atoms with Crippen LogP contribution in [0.5, 0.6) is 0 Å². The number of nitrogens with zero attached hydrogens (tertiary/aromatic N) is 3. The molecule has 0 bridgehead atoms. The number of hydrogen-bond donors (Lipinski definition) is 0. The summed E-state index contributed by atoms with van der Waals surface area (Å²) in [5, 5.41) is 0. The van der Waals surface area contributed by atoms with Gasteiger partial charge in [0.15, 0.2) is 0 Å². The van der Waals surface area contributed by atoms with E-state index in [-0.39, 0.29) is 12.1 Å². The average molecular weight is 516 g/mol. The zero-order valence-electron chi connectivity index (χ0n) is 20.1. The van der Waals surface area contributed by atoms with Crippen LogP contribution >= 0.6 is 0 Å². The third-order valence-electron chi connectivity index (χ3n) is 6.11. The van der Waals surface area contributed by atoms with Gasteiger partial charge < -0.3 is 0 Å². The number of amides is 2. The van der Waals surface area contributed by atoms with Crippen molar-refractivity contribution in [1.82, 2.24) is 14.7 Å². The quantitative estimate of drug-likeness (QED) is 0.212. The van der Waals surface area contributed by atoms with E-state index in [0.717, 1.165) is 11.2 Å². The molecule has 0 aromatic rings. The number of unbranched alkanes of at least 4 members (excludes halogenated alkanes) is 3. The normalized spacial score (nSPS) is 17.5. The van der Waals surface area contributed by atoms with Crippen molar-refractivity contribution in [3.63, 3.8) is 0 Å². The van der Waals surface area contributed by atoms with Gasteiger partial charge in [-0.05, 0) is 0 Å². The third kappa shape index (κ3) is 9.60. The van der Waals surface area contributed by atoms with E-state index in [2.05, 4.69) is 44.7 Å². The van der Waals surface area contributed by atoms with Gasteiger partial charge in [-0.3, -0.25) is 0 Å². The van der Waals surface area contributed by atoms with Crippen LogP contribution in [0.2, 0.25) is 13.3 Å². The zero-order valence-corrected chi connectivity index (χ0v) is 22.9. The number of ether oxygens (including phenoxy) is 1. The summed E-state index contributed by atoms with van der Waals surface area (Å²) in [6, 6.07) is 0.0960. The Labute approximate surface area is 184 Å². The molecular formula is C23H47N3O2Sn. The van der Waals surface area contributed by atoms with Crippen LogP contribution in [0.1, 0.15) is 66.2 Å². The minimum atomic E-state index is -2.28. The SMILES string of the molecule is C/C=C/C(CN1CN(C)C(=O)N(C)C1)O[CH2][Sn]([CH2]CCC)([CH2]CCC)[CH2]CCC. The van der Waals surface area contributed by atoms with E-state index < -0.39 is 18.4 Å². The zero-order chi connectivity index (χ0) is 21.7. The van der Waals surface area contributed by atoms with Crippen LogP contribution in [0.4, 0.5) is 4.79 Å². The fourth-order valence-electron chi connectivity index (χ4n) is 4.34. The van der Waals surface area contributed by atoms with Gasteiger partial charge >= 0.3 is 185 Å². The van der Waals surface area contributed by atoms with Crippen LogP contribution < -0.4 is 0 Å². The van der Waals surface area contributed by atoms with E-state index >= 15 is 0 Å². The summed E-state index contributed by atoms with van der Waals surface area (Å²) < 4.78 is 12.2. The van der Waals surface area contributed by atoms with E-state index in [9.17, 15) is 4.79 Å². The summed E-state index contributed by atoms with van der Waals surface area (Å²) in [5.41, 5.74) is 0. The van der Waals surface area contributed by atoms with Crippen LogP contribution in [0, 0.1) is 0 Å². The van der Waals surface area contributed by atoms with Crippen molar-refractivity contribution in [2.24, 2.45) is 0 Å². The summed E-state index contributed by atoms with van der Waals surface area (Å²) in [6.07, 6.45) is 12.5. The standard InChI is InChI=1S/C11H20N3O2.3C4H9.Sn/c1-5-6-10(16-4)7-14-8-12(2)11(15)13(3)9-14;3*1-3-4-2;/h5-6,10H,4,7-9H2,1-3H3;3*1,3-4H2,2H3;/b6-5+;;;;. The Hall–Kier alpha value is -0.271. The maximum absolute atomic E-state index is 12.0. The fraction of sp³-hybridized carbons (Fsp3) is 0.870. The first-order valence-electron chi connectivity index (χ1n) is 11.8. The molecule has 1 rings (SSSR count). The molecule has 0 N–H and O–H groups in total. The number of carbonyl (C=O) groups excluding carboxylic acids is 1. The molecule has 1 fully saturated rings. The molecule has 0 radical (unpaired) electrons. The first-order valence-corrected chi connectivity index (χ1v) is 19.9. The molecule has 0 spiro atoms. The number of allylic oxidation sites excluding steroid dienone is 1. The molecule has 29 heavy (non-hydrogen) atoms. The van der Waals surface area contributed by atoms with Gasteiger partial charge in [0.1, 0.15) is 0 Å². The van der Waals surface area contributed by atoms with Crippen LogP contribution in [-0.2, 0) is 4.74 Å². The second-order valence-electron chi connectivity index (χ2n) is 9.00. The molecule has 1 heterocycles. The van der Waals surface area contributed by atoms with Crippen molar-refractivity contribution in [2.75, 3.05) is 38.6 Å². The molecule has 0 aromatic carbocycles. The van der Waals surface area contributed by atoms with Crippen molar-refractivity contribution in [2.45, 2.75) is 85.6 Å². The van der Waals surface area contributed by atoms with Crippen LogP contribution in [0.25, 0.3) is 0 Å². The maximum atomic E-state index is 12.0. The topological polar surface area (TPSA) is 36.0 Å². The Morgan fingerprint density at radius 1 is 0.966 bits per heavy atom. The molecule has 5 nitrogen and oxygen atoms in total. The van der Waals surface area contributed by atoms with Gasteiger partial charge in [0.2, 0.25) is 0 Å². The number of urea groups is 1. The molecule has 1 aliphatic rings. The van der Waals surface area contributed by atoms with Gasteiger partial charge in [-0.15, -0.1) is 0 Å². The van der Waals surface area contributed by atoms with Crippen molar-refractivity contribution < 1.29 is 9.53 Å². The Morgan fingerprint density at radius 3 is 1.86 bits per heavy atom. The molecule has 6 heteroatoms. The van der Waals surface area contributed by atoms with E-state index in [4.69, 9.17) is 4.74 Å². The van der Waals surface area contributed by atoms with Crippen LogP contribution in [-0.4, -0.2) is 83.8 Å². The van der Waals surface area contributed by atoms with Gasteiger partial charge in [0.25, 0.3) is 0 Å². The summed E-state index contributed by atoms with van der Waals surface area (Å²) in [5.74, 6) is 0. The minimum absolute atomic E-state index is 0.0960. The summed E-state index contributed by atoms with van der Waals surface area (Å²) in [7, 11) is 3.75. The number of carbonyl (C=O) groups is 1. The molecular weight excluding hydrogens is 469 g/mol. The molecule has 0 aromatic heterocycles. The van der Waals surface area contributed by atoms with Gasteiger partial charge in [-0.2, -0.15) is 0 Å². The number of hydrogen-bond acceptors (Lipinski definition) is 3. The third-order valence-corrected chi connectivity index (χ3v) is 20.4. The van der Waals surface area contributed by atoms with Gasteiger partial charge in [-0.25, -0.2) is 0 Å². The molecule has 1 atom stereocenters.